The first-order valence-electron chi connectivity index (χ1n) is 6.91. The highest BCUT2D eigenvalue weighted by Gasteiger charge is 2.21. The summed E-state index contributed by atoms with van der Waals surface area (Å²) >= 11 is 0. The first-order valence-corrected chi connectivity index (χ1v) is 6.91. The van der Waals surface area contributed by atoms with Gasteiger partial charge < -0.3 is 10.2 Å². The van der Waals surface area contributed by atoms with Gasteiger partial charge >= 0.3 is 0 Å². The van der Waals surface area contributed by atoms with E-state index in [1.54, 1.807) is 12.3 Å². The van der Waals surface area contributed by atoms with Crippen molar-refractivity contribution in [2.75, 3.05) is 24.5 Å². The molecular formula is C14H21N5. The summed E-state index contributed by atoms with van der Waals surface area (Å²) in [4.78, 5) is 10.8. The van der Waals surface area contributed by atoms with Crippen LogP contribution in [0.5, 0.6) is 0 Å². The van der Waals surface area contributed by atoms with E-state index in [0.717, 1.165) is 19.6 Å². The highest BCUT2D eigenvalue weighted by Crippen LogP contribution is 2.19. The third-order valence-corrected chi connectivity index (χ3v) is 3.55. The molecule has 1 N–H and O–H groups in total. The SMILES string of the molecule is CC(C)N(CC1CCNCC1)c1nccc(C#N)n1. The van der Waals surface area contributed by atoms with Crippen molar-refractivity contribution in [3.8, 4) is 6.07 Å². The van der Waals surface area contributed by atoms with E-state index < -0.39 is 0 Å². The molecule has 1 aliphatic rings. The molecule has 2 rings (SSSR count). The molecule has 0 saturated carbocycles. The number of rotatable bonds is 4. The van der Waals surface area contributed by atoms with Crippen LogP contribution >= 0.6 is 0 Å². The van der Waals surface area contributed by atoms with E-state index in [4.69, 9.17) is 5.26 Å². The van der Waals surface area contributed by atoms with Crippen molar-refractivity contribution >= 4 is 5.95 Å². The molecule has 2 heterocycles. The van der Waals surface area contributed by atoms with E-state index in [9.17, 15) is 0 Å². The normalized spacial score (nSPS) is 16.3. The lowest BCUT2D eigenvalue weighted by Crippen LogP contribution is -2.40. The Hall–Kier alpha value is -1.67. The smallest absolute Gasteiger partial charge is 0.226 e. The molecule has 0 aliphatic carbocycles. The Bertz CT molecular complexity index is 445. The lowest BCUT2D eigenvalue weighted by Gasteiger charge is -2.32. The van der Waals surface area contributed by atoms with Gasteiger partial charge in [-0.15, -0.1) is 0 Å². The molecule has 1 aromatic heterocycles. The summed E-state index contributed by atoms with van der Waals surface area (Å²) in [7, 11) is 0. The average molecular weight is 259 g/mol. The van der Waals surface area contributed by atoms with Gasteiger partial charge in [0.2, 0.25) is 5.95 Å². The molecule has 0 amide bonds. The van der Waals surface area contributed by atoms with Crippen molar-refractivity contribution in [3.05, 3.63) is 18.0 Å². The Balaban J connectivity index is 2.12. The summed E-state index contributed by atoms with van der Waals surface area (Å²) in [6, 6.07) is 4.06. The molecule has 0 aromatic carbocycles. The number of hydrogen-bond donors (Lipinski definition) is 1. The van der Waals surface area contributed by atoms with Crippen molar-refractivity contribution < 1.29 is 0 Å². The van der Waals surface area contributed by atoms with Crippen LogP contribution < -0.4 is 10.2 Å². The number of aromatic nitrogens is 2. The predicted octanol–water partition coefficient (Wildman–Crippen LogP) is 1.56. The highest BCUT2D eigenvalue weighted by atomic mass is 15.3. The minimum absolute atomic E-state index is 0.337. The summed E-state index contributed by atoms with van der Waals surface area (Å²) < 4.78 is 0. The molecule has 1 aromatic rings. The molecule has 1 fully saturated rings. The van der Waals surface area contributed by atoms with Crippen LogP contribution in [0.1, 0.15) is 32.4 Å². The largest absolute Gasteiger partial charge is 0.338 e. The monoisotopic (exact) mass is 259 g/mol. The first-order chi connectivity index (χ1) is 9.20. The lowest BCUT2D eigenvalue weighted by molar-refractivity contribution is 0.366. The number of anilines is 1. The maximum atomic E-state index is 8.94. The van der Waals surface area contributed by atoms with Crippen LogP contribution in [0, 0.1) is 17.2 Å². The minimum Gasteiger partial charge on any atom is -0.338 e. The molecule has 1 saturated heterocycles. The van der Waals surface area contributed by atoms with Gasteiger partial charge in [0, 0.05) is 18.8 Å². The second-order valence-electron chi connectivity index (χ2n) is 5.29. The molecule has 19 heavy (non-hydrogen) atoms. The fourth-order valence-corrected chi connectivity index (χ4v) is 2.41. The lowest BCUT2D eigenvalue weighted by atomic mass is 9.97. The van der Waals surface area contributed by atoms with E-state index in [0.29, 0.717) is 23.6 Å². The zero-order chi connectivity index (χ0) is 13.7. The zero-order valence-electron chi connectivity index (χ0n) is 11.6. The molecule has 5 nitrogen and oxygen atoms in total. The van der Waals surface area contributed by atoms with Crippen LogP contribution in [0.25, 0.3) is 0 Å². The summed E-state index contributed by atoms with van der Waals surface area (Å²) in [6.45, 7) is 7.44. The van der Waals surface area contributed by atoms with E-state index >= 15 is 0 Å². The number of nitriles is 1. The van der Waals surface area contributed by atoms with Gasteiger partial charge in [-0.1, -0.05) is 0 Å². The molecule has 0 radical (unpaired) electrons. The van der Waals surface area contributed by atoms with Crippen molar-refractivity contribution in [3.63, 3.8) is 0 Å². The standard InChI is InChI=1S/C14H21N5/c1-11(2)19(10-12-3-6-16-7-4-12)14-17-8-5-13(9-15)18-14/h5,8,11-12,16H,3-4,6-7,10H2,1-2H3. The van der Waals surface area contributed by atoms with Gasteiger partial charge in [-0.3, -0.25) is 0 Å². The number of nitrogens with one attached hydrogen (secondary N) is 1. The van der Waals surface area contributed by atoms with Crippen LogP contribution in [0.2, 0.25) is 0 Å². The molecule has 0 spiro atoms. The molecule has 0 bridgehead atoms. The van der Waals surface area contributed by atoms with E-state index in [1.165, 1.54) is 12.8 Å². The fraction of sp³-hybridized carbons (Fsp3) is 0.643. The molecular weight excluding hydrogens is 238 g/mol. The first kappa shape index (κ1) is 13.8. The maximum Gasteiger partial charge on any atom is 0.226 e. The Morgan fingerprint density at radius 2 is 2.21 bits per heavy atom. The van der Waals surface area contributed by atoms with Gasteiger partial charge in [0.1, 0.15) is 11.8 Å². The summed E-state index contributed by atoms with van der Waals surface area (Å²) in [5.74, 6) is 1.35. The number of piperidine rings is 1. The third-order valence-electron chi connectivity index (χ3n) is 3.55. The Morgan fingerprint density at radius 1 is 1.47 bits per heavy atom. The topological polar surface area (TPSA) is 64.8 Å². The van der Waals surface area contributed by atoms with Crippen LogP contribution in [-0.2, 0) is 0 Å². The maximum absolute atomic E-state index is 8.94. The quantitative estimate of drug-likeness (QED) is 0.889. The van der Waals surface area contributed by atoms with Crippen LogP contribution in [0.3, 0.4) is 0 Å². The van der Waals surface area contributed by atoms with E-state index in [-0.39, 0.29) is 0 Å². The molecule has 0 atom stereocenters. The van der Waals surface area contributed by atoms with Crippen LogP contribution in [-0.4, -0.2) is 35.6 Å². The average Bonchev–Trinajstić information content (AvgIpc) is 2.45. The second-order valence-corrected chi connectivity index (χ2v) is 5.29. The van der Waals surface area contributed by atoms with Gasteiger partial charge in [0.05, 0.1) is 0 Å². The molecule has 0 unspecified atom stereocenters. The van der Waals surface area contributed by atoms with Crippen LogP contribution in [0.15, 0.2) is 12.3 Å². The number of nitrogens with zero attached hydrogens (tertiary/aromatic N) is 4. The zero-order valence-corrected chi connectivity index (χ0v) is 11.6. The van der Waals surface area contributed by atoms with Gasteiger partial charge in [0.25, 0.3) is 0 Å². The van der Waals surface area contributed by atoms with Gasteiger partial charge in [0.15, 0.2) is 0 Å². The van der Waals surface area contributed by atoms with E-state index in [2.05, 4.69) is 40.1 Å². The molecule has 5 heteroatoms. The van der Waals surface area contributed by atoms with E-state index in [1.807, 2.05) is 0 Å². The predicted molar refractivity (Wildman–Crippen MR) is 74.8 cm³/mol. The van der Waals surface area contributed by atoms with Crippen LogP contribution in [0.4, 0.5) is 5.95 Å². The Labute approximate surface area is 114 Å². The summed E-state index contributed by atoms with van der Waals surface area (Å²) in [5.41, 5.74) is 0.431. The van der Waals surface area contributed by atoms with Gasteiger partial charge in [-0.25, -0.2) is 9.97 Å². The molecule has 102 valence electrons. The summed E-state index contributed by atoms with van der Waals surface area (Å²) in [6.07, 6.45) is 4.06. The summed E-state index contributed by atoms with van der Waals surface area (Å²) in [5, 5.41) is 12.3. The Kier molecular flexibility index (Phi) is 4.69. The molecule has 1 aliphatic heterocycles. The van der Waals surface area contributed by atoms with Gasteiger partial charge in [-0.2, -0.15) is 5.26 Å². The van der Waals surface area contributed by atoms with Crippen molar-refractivity contribution in [2.24, 2.45) is 5.92 Å². The highest BCUT2D eigenvalue weighted by molar-refractivity contribution is 5.34. The van der Waals surface area contributed by atoms with Crippen molar-refractivity contribution in [1.29, 1.82) is 5.26 Å². The Morgan fingerprint density at radius 3 is 2.84 bits per heavy atom. The minimum atomic E-state index is 0.337. The third kappa shape index (κ3) is 3.65. The van der Waals surface area contributed by atoms with Crippen molar-refractivity contribution in [2.45, 2.75) is 32.7 Å². The van der Waals surface area contributed by atoms with Crippen molar-refractivity contribution in [1.82, 2.24) is 15.3 Å². The van der Waals surface area contributed by atoms with Gasteiger partial charge in [-0.05, 0) is 51.8 Å². The fourth-order valence-electron chi connectivity index (χ4n) is 2.41. The number of hydrogen-bond acceptors (Lipinski definition) is 5. The second kappa shape index (κ2) is 6.48.